The summed E-state index contributed by atoms with van der Waals surface area (Å²) in [5.41, 5.74) is 6.93. The lowest BCUT2D eigenvalue weighted by Crippen LogP contribution is -2.00. The fourth-order valence-electron chi connectivity index (χ4n) is 7.14. The van der Waals surface area contributed by atoms with Crippen molar-refractivity contribution in [2.75, 3.05) is 0 Å². The summed E-state index contributed by atoms with van der Waals surface area (Å²) in [4.78, 5) is 20.3. The Balaban J connectivity index is 1.09. The van der Waals surface area contributed by atoms with E-state index >= 15 is 0 Å². The van der Waals surface area contributed by atoms with Crippen LogP contribution in [0.3, 0.4) is 0 Å². The molecule has 0 saturated carbocycles. The number of rotatable bonds is 4. The second kappa shape index (κ2) is 10.9. The van der Waals surface area contributed by atoms with Crippen molar-refractivity contribution < 1.29 is 8.83 Å². The van der Waals surface area contributed by atoms with Gasteiger partial charge in [-0.15, -0.1) is 11.3 Å². The van der Waals surface area contributed by atoms with Crippen LogP contribution in [0.2, 0.25) is 0 Å². The van der Waals surface area contributed by atoms with E-state index in [1.165, 1.54) is 5.39 Å². The van der Waals surface area contributed by atoms with Crippen molar-refractivity contribution in [3.63, 3.8) is 0 Å². The smallest absolute Gasteiger partial charge is 0.227 e. The summed E-state index contributed by atoms with van der Waals surface area (Å²) in [5.74, 6) is 2.43. The molecule has 0 N–H and O–H groups in total. The first-order valence-electron chi connectivity index (χ1n) is 16.7. The number of hydrogen-bond donors (Lipinski definition) is 0. The van der Waals surface area contributed by atoms with Gasteiger partial charge in [-0.25, -0.2) is 19.9 Å². The van der Waals surface area contributed by atoms with Crippen LogP contribution in [0.4, 0.5) is 0 Å². The molecule has 7 heteroatoms. The van der Waals surface area contributed by atoms with Gasteiger partial charge < -0.3 is 8.83 Å². The highest BCUT2D eigenvalue weighted by molar-refractivity contribution is 7.26. The molecule has 7 aromatic carbocycles. The summed E-state index contributed by atoms with van der Waals surface area (Å²) < 4.78 is 14.8. The zero-order valence-corrected chi connectivity index (χ0v) is 27.7. The Morgan fingerprint density at radius 3 is 2.08 bits per heavy atom. The molecule has 11 aromatic rings. The van der Waals surface area contributed by atoms with Gasteiger partial charge in [0.25, 0.3) is 0 Å². The normalized spacial score (nSPS) is 11.9. The molecule has 4 aromatic heterocycles. The molecule has 0 bridgehead atoms. The summed E-state index contributed by atoms with van der Waals surface area (Å²) in [6.07, 6.45) is 0. The molecule has 4 heterocycles. The molecule has 0 unspecified atom stereocenters. The average Bonchev–Trinajstić information content (AvgIpc) is 3.89. The quantitative estimate of drug-likeness (QED) is 0.185. The lowest BCUT2D eigenvalue weighted by Gasteiger charge is -2.10. The molecule has 0 spiro atoms. The second-order valence-corrected chi connectivity index (χ2v) is 13.7. The van der Waals surface area contributed by atoms with Gasteiger partial charge in [0.15, 0.2) is 23.1 Å². The monoisotopic (exact) mass is 672 g/mol. The molecular weight excluding hydrogens is 649 g/mol. The number of aromatic nitrogens is 4. The number of thiophene rings is 1. The third-order valence-corrected chi connectivity index (χ3v) is 10.8. The first-order valence-corrected chi connectivity index (χ1v) is 17.5. The molecule has 0 atom stereocenters. The van der Waals surface area contributed by atoms with Gasteiger partial charge in [-0.05, 0) is 47.2 Å². The summed E-state index contributed by atoms with van der Waals surface area (Å²) in [5, 5.41) is 6.60. The van der Waals surface area contributed by atoms with Crippen molar-refractivity contribution in [3.05, 3.63) is 146 Å². The zero-order chi connectivity index (χ0) is 33.5. The minimum Gasteiger partial charge on any atom is -0.456 e. The molecule has 0 aliphatic rings. The lowest BCUT2D eigenvalue weighted by molar-refractivity contribution is 0.620. The van der Waals surface area contributed by atoms with Crippen LogP contribution in [-0.4, -0.2) is 19.9 Å². The highest BCUT2D eigenvalue weighted by Crippen LogP contribution is 2.42. The molecular formula is C44H24N4O2S. The van der Waals surface area contributed by atoms with E-state index < -0.39 is 0 Å². The number of nitrogens with zero attached hydrogens (tertiary/aromatic N) is 4. The van der Waals surface area contributed by atoms with Gasteiger partial charge in [0, 0.05) is 59.3 Å². The Hall–Kier alpha value is -6.70. The third-order valence-electron chi connectivity index (χ3n) is 9.56. The summed E-state index contributed by atoms with van der Waals surface area (Å²) in [7, 11) is 0. The molecule has 6 nitrogen and oxygen atoms in total. The Labute approximate surface area is 294 Å². The van der Waals surface area contributed by atoms with Crippen molar-refractivity contribution in [1.82, 2.24) is 19.9 Å². The van der Waals surface area contributed by atoms with Crippen LogP contribution in [0.5, 0.6) is 0 Å². The molecule has 0 saturated heterocycles. The standard InChI is InChI=1S/C44H24N4O2S/c1-2-11-26(12-3-1)41-46-42(31-16-9-19-36-39(31)30-14-6-7-18-35(30)49-36)48-43(47-41)32-17-8-15-29-33-23-34-37(24-38(33)51-40(29)32)50-44(45-34)28-21-20-25-10-4-5-13-27(25)22-28/h1-24H. The maximum absolute atomic E-state index is 6.37. The first-order chi connectivity index (χ1) is 25.2. The van der Waals surface area contributed by atoms with Crippen molar-refractivity contribution in [2.45, 2.75) is 0 Å². The maximum atomic E-state index is 6.37. The average molecular weight is 673 g/mol. The van der Waals surface area contributed by atoms with Gasteiger partial charge in [0.2, 0.25) is 5.89 Å². The highest BCUT2D eigenvalue weighted by atomic mass is 32.1. The minimum atomic E-state index is 0.594. The van der Waals surface area contributed by atoms with Gasteiger partial charge in [-0.3, -0.25) is 0 Å². The van der Waals surface area contributed by atoms with Crippen molar-refractivity contribution in [2.24, 2.45) is 0 Å². The Bertz CT molecular complexity index is 3160. The van der Waals surface area contributed by atoms with Crippen LogP contribution >= 0.6 is 11.3 Å². The molecule has 0 fully saturated rings. The van der Waals surface area contributed by atoms with E-state index in [0.717, 1.165) is 80.9 Å². The van der Waals surface area contributed by atoms with Crippen LogP contribution in [0.15, 0.2) is 154 Å². The number of benzene rings is 7. The SMILES string of the molecule is c1ccc(-c2nc(-c3cccc4c3sc3cc5oc(-c6ccc7ccccc7c6)nc5cc34)nc(-c3cccc4oc5ccccc5c34)n2)cc1. The topological polar surface area (TPSA) is 77.8 Å². The Morgan fingerprint density at radius 2 is 1.16 bits per heavy atom. The number of para-hydroxylation sites is 1. The van der Waals surface area contributed by atoms with Crippen molar-refractivity contribution in [1.29, 1.82) is 0 Å². The number of oxazole rings is 1. The van der Waals surface area contributed by atoms with Gasteiger partial charge >= 0.3 is 0 Å². The molecule has 11 rings (SSSR count). The predicted octanol–water partition coefficient (Wildman–Crippen LogP) is 12.1. The molecule has 0 amide bonds. The van der Waals surface area contributed by atoms with E-state index in [4.69, 9.17) is 28.8 Å². The van der Waals surface area contributed by atoms with E-state index in [1.807, 2.05) is 66.7 Å². The molecule has 51 heavy (non-hydrogen) atoms. The van der Waals surface area contributed by atoms with Crippen molar-refractivity contribution in [3.8, 4) is 45.6 Å². The number of furan rings is 1. The zero-order valence-electron chi connectivity index (χ0n) is 26.9. The van der Waals surface area contributed by atoms with Crippen LogP contribution in [0.25, 0.3) is 110 Å². The lowest BCUT2D eigenvalue weighted by atomic mass is 10.0. The van der Waals surface area contributed by atoms with E-state index in [1.54, 1.807) is 11.3 Å². The van der Waals surface area contributed by atoms with E-state index in [2.05, 4.69) is 78.9 Å². The minimum absolute atomic E-state index is 0.594. The highest BCUT2D eigenvalue weighted by Gasteiger charge is 2.20. The van der Waals surface area contributed by atoms with Gasteiger partial charge in [0.05, 0.1) is 0 Å². The number of hydrogen-bond acceptors (Lipinski definition) is 7. The molecule has 0 radical (unpaired) electrons. The summed E-state index contributed by atoms with van der Waals surface area (Å²) in [6.45, 7) is 0. The molecule has 0 aliphatic heterocycles. The van der Waals surface area contributed by atoms with Gasteiger partial charge in [-0.1, -0.05) is 103 Å². The fraction of sp³-hybridized carbons (Fsp3) is 0. The Morgan fingerprint density at radius 1 is 0.431 bits per heavy atom. The largest absolute Gasteiger partial charge is 0.456 e. The molecule has 0 aliphatic carbocycles. The van der Waals surface area contributed by atoms with Gasteiger partial charge in [0.1, 0.15) is 16.7 Å². The van der Waals surface area contributed by atoms with Crippen LogP contribution < -0.4 is 0 Å². The van der Waals surface area contributed by atoms with E-state index in [-0.39, 0.29) is 0 Å². The molecule has 238 valence electrons. The maximum Gasteiger partial charge on any atom is 0.227 e. The Kier molecular flexibility index (Phi) is 6.02. The summed E-state index contributed by atoms with van der Waals surface area (Å²) in [6, 6.07) is 49.4. The second-order valence-electron chi connectivity index (χ2n) is 12.6. The van der Waals surface area contributed by atoms with Crippen LogP contribution in [0.1, 0.15) is 0 Å². The van der Waals surface area contributed by atoms with E-state index in [9.17, 15) is 0 Å². The van der Waals surface area contributed by atoms with Gasteiger partial charge in [-0.2, -0.15) is 0 Å². The van der Waals surface area contributed by atoms with Crippen LogP contribution in [0, 0.1) is 0 Å². The van der Waals surface area contributed by atoms with Crippen LogP contribution in [-0.2, 0) is 0 Å². The van der Waals surface area contributed by atoms with Crippen molar-refractivity contribution >= 4 is 75.3 Å². The first kappa shape index (κ1) is 28.2. The summed E-state index contributed by atoms with van der Waals surface area (Å²) >= 11 is 1.71. The fourth-order valence-corrected chi connectivity index (χ4v) is 8.36. The van der Waals surface area contributed by atoms with E-state index in [0.29, 0.717) is 23.4 Å². The third kappa shape index (κ3) is 4.49. The number of fused-ring (bicyclic) bond motifs is 8. The predicted molar refractivity (Wildman–Crippen MR) is 207 cm³/mol.